The van der Waals surface area contributed by atoms with Crippen LogP contribution in [-0.2, 0) is 9.53 Å². The van der Waals surface area contributed by atoms with E-state index in [9.17, 15) is 57.5 Å². The van der Waals surface area contributed by atoms with Gasteiger partial charge in [-0.2, -0.15) is 52.7 Å². The van der Waals surface area contributed by atoms with E-state index in [0.717, 1.165) is 0 Å². The lowest BCUT2D eigenvalue weighted by molar-refractivity contribution is -0.425. The fraction of sp³-hybridized carbons (Fsp3) is 0.850. The Bertz CT molecular complexity index is 710. The number of carbonyl (C=O) groups excluding carboxylic acids is 1. The predicted octanol–water partition coefficient (Wildman–Crippen LogP) is 7.00. The molecule has 0 atom stereocenters. The molecule has 3 nitrogen and oxygen atoms in total. The summed E-state index contributed by atoms with van der Waals surface area (Å²) in [5, 5.41) is 0. The normalized spacial score (nSPS) is 14.2. The fourth-order valence-electron chi connectivity index (χ4n) is 2.76. The minimum absolute atomic E-state index is 0.168. The van der Waals surface area contributed by atoms with E-state index in [0.29, 0.717) is 12.8 Å². The Hall–Kier alpha value is -1.67. The van der Waals surface area contributed by atoms with Gasteiger partial charge in [-0.1, -0.05) is 39.2 Å². The molecule has 0 rings (SSSR count). The molecule has 0 aromatic carbocycles. The molecule has 0 amide bonds. The Kier molecular flexibility index (Phi) is 11.5. The minimum atomic E-state index is -7.59. The van der Waals surface area contributed by atoms with Crippen molar-refractivity contribution in [3.63, 3.8) is 0 Å². The molecule has 0 aromatic heterocycles. The zero-order chi connectivity index (χ0) is 27.9. The van der Waals surface area contributed by atoms with Crippen molar-refractivity contribution >= 4 is 5.97 Å². The Morgan fingerprint density at radius 2 is 1.09 bits per heavy atom. The van der Waals surface area contributed by atoms with Crippen LogP contribution in [0.15, 0.2) is 12.2 Å². The summed E-state index contributed by atoms with van der Waals surface area (Å²) in [6.45, 7) is 3.25. The number of halogens is 12. The first-order valence-electron chi connectivity index (χ1n) is 10.5. The van der Waals surface area contributed by atoms with Crippen molar-refractivity contribution in [2.45, 2.75) is 93.8 Å². The van der Waals surface area contributed by atoms with Crippen LogP contribution in [0.25, 0.3) is 0 Å². The highest BCUT2D eigenvalue weighted by Gasteiger charge is 2.89. The van der Waals surface area contributed by atoms with Crippen LogP contribution in [0, 0.1) is 0 Å². The zero-order valence-electron chi connectivity index (χ0n) is 18.7. The number of nitrogens with two attached hydrogens (primary N) is 1. The van der Waals surface area contributed by atoms with Crippen LogP contribution < -0.4 is 5.73 Å². The van der Waals surface area contributed by atoms with Crippen LogP contribution >= 0.6 is 0 Å². The van der Waals surface area contributed by atoms with Crippen LogP contribution in [0.3, 0.4) is 0 Å². The molecule has 0 saturated heterocycles. The van der Waals surface area contributed by atoms with Gasteiger partial charge in [-0.15, -0.1) is 0 Å². The predicted molar refractivity (Wildman–Crippen MR) is 101 cm³/mol. The molecule has 0 saturated carbocycles. The van der Waals surface area contributed by atoms with Crippen molar-refractivity contribution in [3.05, 3.63) is 12.2 Å². The number of hydrogen-bond donors (Lipinski definition) is 1. The lowest BCUT2D eigenvalue weighted by atomic mass is 9.88. The van der Waals surface area contributed by atoms with Gasteiger partial charge < -0.3 is 10.5 Å². The summed E-state index contributed by atoms with van der Waals surface area (Å²) >= 11 is 0. The fourth-order valence-corrected chi connectivity index (χ4v) is 2.76. The Balaban J connectivity index is 5.61. The van der Waals surface area contributed by atoms with Crippen molar-refractivity contribution < 1.29 is 62.2 Å². The molecule has 0 unspecified atom stereocenters. The summed E-state index contributed by atoms with van der Waals surface area (Å²) < 4.78 is 170. The van der Waals surface area contributed by atoms with Gasteiger partial charge in [0, 0.05) is 25.0 Å². The van der Waals surface area contributed by atoms with E-state index in [1.807, 2.05) is 0 Å². The molecule has 0 aliphatic carbocycles. The molecule has 15 heteroatoms. The molecule has 0 radical (unpaired) electrons. The number of unbranched alkanes of at least 4 members (excludes halogenated alkanes) is 4. The van der Waals surface area contributed by atoms with Gasteiger partial charge in [0.25, 0.3) is 0 Å². The summed E-state index contributed by atoms with van der Waals surface area (Å²) in [6.07, 6.45) is -5.41. The molecule has 0 fully saturated rings. The first kappa shape index (κ1) is 33.3. The number of rotatable bonds is 17. The molecule has 0 spiro atoms. The average Bonchev–Trinajstić information content (AvgIpc) is 2.74. The SMILES string of the molecule is C=C(CN)C(=O)OCCCC(F)(F)C(F)(F)C(F)(F)C(F)(F)C(F)(F)C(F)(F)CCCCCCC. The largest absolute Gasteiger partial charge is 0.462 e. The van der Waals surface area contributed by atoms with E-state index in [1.54, 1.807) is 6.92 Å². The lowest BCUT2D eigenvalue weighted by Crippen LogP contribution is -2.70. The maximum absolute atomic E-state index is 13.9. The van der Waals surface area contributed by atoms with Crippen LogP contribution in [0.5, 0.6) is 0 Å². The minimum Gasteiger partial charge on any atom is -0.462 e. The van der Waals surface area contributed by atoms with E-state index >= 15 is 0 Å². The summed E-state index contributed by atoms with van der Waals surface area (Å²) in [6, 6.07) is 0. The van der Waals surface area contributed by atoms with Gasteiger partial charge >= 0.3 is 41.5 Å². The van der Waals surface area contributed by atoms with Gasteiger partial charge in [-0.05, 0) is 12.8 Å². The van der Waals surface area contributed by atoms with Gasteiger partial charge in [-0.3, -0.25) is 0 Å². The van der Waals surface area contributed by atoms with E-state index < -0.39 is 80.3 Å². The first-order chi connectivity index (χ1) is 15.7. The van der Waals surface area contributed by atoms with Crippen LogP contribution in [-0.4, -0.2) is 54.7 Å². The van der Waals surface area contributed by atoms with Gasteiger partial charge in [0.1, 0.15) is 0 Å². The second-order valence-corrected chi connectivity index (χ2v) is 7.92. The highest BCUT2D eigenvalue weighted by Crippen LogP contribution is 2.61. The van der Waals surface area contributed by atoms with E-state index in [4.69, 9.17) is 5.73 Å². The quantitative estimate of drug-likeness (QED) is 0.0934. The Labute approximate surface area is 194 Å². The maximum Gasteiger partial charge on any atom is 0.384 e. The molecular formula is C20H27F12NO2. The third kappa shape index (κ3) is 6.97. The van der Waals surface area contributed by atoms with Gasteiger partial charge in [0.05, 0.1) is 6.61 Å². The molecule has 2 N–H and O–H groups in total. The van der Waals surface area contributed by atoms with Gasteiger partial charge in [0.2, 0.25) is 0 Å². The topological polar surface area (TPSA) is 52.3 Å². The molecular weight excluding hydrogens is 514 g/mol. The molecule has 208 valence electrons. The molecule has 0 aromatic rings. The number of hydrogen-bond acceptors (Lipinski definition) is 3. The second kappa shape index (κ2) is 12.0. The van der Waals surface area contributed by atoms with Crippen molar-refractivity contribution in [2.75, 3.05) is 13.2 Å². The van der Waals surface area contributed by atoms with Crippen molar-refractivity contribution in [2.24, 2.45) is 5.73 Å². The van der Waals surface area contributed by atoms with Gasteiger partial charge in [0.15, 0.2) is 0 Å². The number of esters is 1. The first-order valence-corrected chi connectivity index (χ1v) is 10.5. The lowest BCUT2D eigenvalue weighted by Gasteiger charge is -2.41. The summed E-state index contributed by atoms with van der Waals surface area (Å²) in [7, 11) is 0. The van der Waals surface area contributed by atoms with Crippen LogP contribution in [0.1, 0.15) is 58.3 Å². The van der Waals surface area contributed by atoms with E-state index in [-0.39, 0.29) is 18.4 Å². The van der Waals surface area contributed by atoms with E-state index in [2.05, 4.69) is 11.3 Å². The molecule has 35 heavy (non-hydrogen) atoms. The van der Waals surface area contributed by atoms with Crippen molar-refractivity contribution in [3.8, 4) is 0 Å². The number of ether oxygens (including phenoxy) is 1. The number of alkyl halides is 12. The number of carbonyl (C=O) groups is 1. The third-order valence-corrected chi connectivity index (χ3v) is 5.10. The van der Waals surface area contributed by atoms with Crippen molar-refractivity contribution in [1.29, 1.82) is 0 Å². The van der Waals surface area contributed by atoms with Crippen LogP contribution in [0.2, 0.25) is 0 Å². The van der Waals surface area contributed by atoms with E-state index in [1.165, 1.54) is 0 Å². The second-order valence-electron chi connectivity index (χ2n) is 7.92. The molecule has 0 aliphatic rings. The van der Waals surface area contributed by atoms with Crippen LogP contribution in [0.4, 0.5) is 52.7 Å². The zero-order valence-corrected chi connectivity index (χ0v) is 18.7. The van der Waals surface area contributed by atoms with Crippen molar-refractivity contribution in [1.82, 2.24) is 0 Å². The van der Waals surface area contributed by atoms with Gasteiger partial charge in [-0.25, -0.2) is 4.79 Å². The molecule has 0 aliphatic heterocycles. The molecule has 0 bridgehead atoms. The summed E-state index contributed by atoms with van der Waals surface area (Å²) in [5.74, 6) is -42.7. The monoisotopic (exact) mass is 541 g/mol. The molecule has 0 heterocycles. The Morgan fingerprint density at radius 3 is 1.49 bits per heavy atom. The highest BCUT2D eigenvalue weighted by atomic mass is 19.4. The summed E-state index contributed by atoms with van der Waals surface area (Å²) in [5.41, 5.74) is 4.64. The maximum atomic E-state index is 13.9. The summed E-state index contributed by atoms with van der Waals surface area (Å²) in [4.78, 5) is 11.2. The smallest absolute Gasteiger partial charge is 0.384 e. The standard InChI is InChI=1S/C20H27F12NO2/c1-3-4-5-6-7-9-15(21,22)17(25,26)19(29,30)20(31,32)18(27,28)16(23,24)10-8-11-35-14(34)13(2)12-33/h2-12,33H2,1H3. The third-order valence-electron chi connectivity index (χ3n) is 5.10. The average molecular weight is 541 g/mol. The highest BCUT2D eigenvalue weighted by molar-refractivity contribution is 5.88. The Morgan fingerprint density at radius 1 is 0.686 bits per heavy atom.